The Morgan fingerprint density at radius 2 is 1.92 bits per heavy atom. The first-order valence-electron chi connectivity index (χ1n) is 8.40. The van der Waals surface area contributed by atoms with Crippen LogP contribution >= 0.6 is 0 Å². The van der Waals surface area contributed by atoms with Gasteiger partial charge in [0.15, 0.2) is 0 Å². The fourth-order valence-electron chi connectivity index (χ4n) is 2.57. The molecule has 0 aliphatic carbocycles. The minimum atomic E-state index is -0.722. The highest BCUT2D eigenvalue weighted by Gasteiger charge is 2.12. The molecule has 0 bridgehead atoms. The number of amides is 2. The van der Waals surface area contributed by atoms with Crippen LogP contribution in [0.5, 0.6) is 5.75 Å². The lowest BCUT2D eigenvalue weighted by atomic mass is 10.1. The van der Waals surface area contributed by atoms with Crippen molar-refractivity contribution in [2.45, 2.75) is 32.4 Å². The first-order valence-corrected chi connectivity index (χ1v) is 8.40. The minimum absolute atomic E-state index is 0.0383. The highest BCUT2D eigenvalue weighted by molar-refractivity contribution is 5.74. The van der Waals surface area contributed by atoms with Gasteiger partial charge in [-0.15, -0.1) is 0 Å². The Morgan fingerprint density at radius 1 is 1.20 bits per heavy atom. The molecule has 0 fully saturated rings. The van der Waals surface area contributed by atoms with Gasteiger partial charge in [-0.2, -0.15) is 0 Å². The molecule has 0 saturated heterocycles. The lowest BCUT2D eigenvalue weighted by molar-refractivity contribution is 0.172. The smallest absolute Gasteiger partial charge is 0.315 e. The van der Waals surface area contributed by atoms with Crippen molar-refractivity contribution in [1.82, 2.24) is 10.6 Å². The van der Waals surface area contributed by atoms with Crippen LogP contribution < -0.4 is 15.4 Å². The monoisotopic (exact) mass is 342 g/mol. The molecule has 2 amide bonds. The molecule has 2 unspecified atom stereocenters. The topological polar surface area (TPSA) is 70.6 Å². The molecule has 0 aliphatic rings. The van der Waals surface area contributed by atoms with Gasteiger partial charge < -0.3 is 20.5 Å². The number of benzene rings is 2. The number of hydrogen-bond donors (Lipinski definition) is 3. The third-order valence-corrected chi connectivity index (χ3v) is 3.97. The second kappa shape index (κ2) is 9.08. The summed E-state index contributed by atoms with van der Waals surface area (Å²) in [5.41, 5.74) is 3.01. The average Bonchev–Trinajstić information content (AvgIpc) is 2.60. The fourth-order valence-corrected chi connectivity index (χ4v) is 2.57. The summed E-state index contributed by atoms with van der Waals surface area (Å²) in [6, 6.07) is 15.1. The number of aryl methyl sites for hydroxylation is 1. The molecule has 0 saturated carbocycles. The van der Waals surface area contributed by atoms with Crippen LogP contribution in [0.3, 0.4) is 0 Å². The van der Waals surface area contributed by atoms with Crippen LogP contribution in [0.1, 0.15) is 29.7 Å². The Hall–Kier alpha value is -2.53. The van der Waals surface area contributed by atoms with Crippen LogP contribution in [-0.4, -0.2) is 30.8 Å². The van der Waals surface area contributed by atoms with Crippen molar-refractivity contribution in [3.63, 3.8) is 0 Å². The zero-order chi connectivity index (χ0) is 18.2. The third-order valence-electron chi connectivity index (χ3n) is 3.97. The summed E-state index contributed by atoms with van der Waals surface area (Å²) < 4.78 is 5.20. The third kappa shape index (κ3) is 6.12. The number of urea groups is 1. The molecular weight excluding hydrogens is 316 g/mol. The van der Waals surface area contributed by atoms with Crippen molar-refractivity contribution in [2.24, 2.45) is 0 Å². The highest BCUT2D eigenvalue weighted by atomic mass is 16.5. The quantitative estimate of drug-likeness (QED) is 0.724. The normalized spacial score (nSPS) is 13.0. The van der Waals surface area contributed by atoms with Crippen LogP contribution in [0.15, 0.2) is 48.5 Å². The summed E-state index contributed by atoms with van der Waals surface area (Å²) in [4.78, 5) is 12.0. The Morgan fingerprint density at radius 3 is 2.60 bits per heavy atom. The van der Waals surface area contributed by atoms with E-state index in [4.69, 9.17) is 4.74 Å². The average molecular weight is 342 g/mol. The van der Waals surface area contributed by atoms with Gasteiger partial charge in [-0.25, -0.2) is 4.79 Å². The minimum Gasteiger partial charge on any atom is -0.497 e. The van der Waals surface area contributed by atoms with E-state index in [1.54, 1.807) is 7.11 Å². The van der Waals surface area contributed by atoms with Gasteiger partial charge in [-0.05, 0) is 43.5 Å². The summed E-state index contributed by atoms with van der Waals surface area (Å²) >= 11 is 0. The SMILES string of the molecule is COc1cccc(CC(C)NC(=O)NCC(O)c2ccc(C)cc2)c1. The van der Waals surface area contributed by atoms with Gasteiger partial charge in [0.05, 0.1) is 13.2 Å². The number of ether oxygens (including phenoxy) is 1. The predicted molar refractivity (Wildman–Crippen MR) is 98.8 cm³/mol. The zero-order valence-electron chi connectivity index (χ0n) is 15.0. The molecule has 0 heterocycles. The van der Waals surface area contributed by atoms with Crippen LogP contribution in [0, 0.1) is 6.92 Å². The number of carbonyl (C=O) groups excluding carboxylic acids is 1. The Kier molecular flexibility index (Phi) is 6.83. The molecule has 2 aromatic rings. The van der Waals surface area contributed by atoms with Crippen LogP contribution in [-0.2, 0) is 6.42 Å². The lowest BCUT2D eigenvalue weighted by Crippen LogP contribution is -2.43. The van der Waals surface area contributed by atoms with E-state index >= 15 is 0 Å². The zero-order valence-corrected chi connectivity index (χ0v) is 15.0. The number of aliphatic hydroxyl groups is 1. The number of nitrogens with one attached hydrogen (secondary N) is 2. The summed E-state index contributed by atoms with van der Waals surface area (Å²) in [5.74, 6) is 0.801. The molecule has 0 radical (unpaired) electrons. The Bertz CT molecular complexity index is 686. The largest absolute Gasteiger partial charge is 0.497 e. The molecule has 0 aromatic heterocycles. The molecular formula is C20H26N2O3. The maximum absolute atomic E-state index is 12.0. The van der Waals surface area contributed by atoms with E-state index in [2.05, 4.69) is 10.6 Å². The van der Waals surface area contributed by atoms with Crippen molar-refractivity contribution in [1.29, 1.82) is 0 Å². The molecule has 134 valence electrons. The van der Waals surface area contributed by atoms with Crippen molar-refractivity contribution in [3.05, 3.63) is 65.2 Å². The molecule has 2 aromatic carbocycles. The first-order chi connectivity index (χ1) is 12.0. The highest BCUT2D eigenvalue weighted by Crippen LogP contribution is 2.14. The van der Waals surface area contributed by atoms with Gasteiger partial charge >= 0.3 is 6.03 Å². The van der Waals surface area contributed by atoms with Crippen LogP contribution in [0.2, 0.25) is 0 Å². The van der Waals surface area contributed by atoms with Crippen LogP contribution in [0.4, 0.5) is 4.79 Å². The lowest BCUT2D eigenvalue weighted by Gasteiger charge is -2.17. The van der Waals surface area contributed by atoms with E-state index in [1.165, 1.54) is 0 Å². The molecule has 5 nitrogen and oxygen atoms in total. The molecule has 3 N–H and O–H groups in total. The van der Waals surface area contributed by atoms with Crippen molar-refractivity contribution >= 4 is 6.03 Å². The summed E-state index contributed by atoms with van der Waals surface area (Å²) in [5, 5.41) is 15.7. The summed E-state index contributed by atoms with van der Waals surface area (Å²) in [7, 11) is 1.63. The Labute approximate surface area is 149 Å². The van der Waals surface area contributed by atoms with Crippen molar-refractivity contribution < 1.29 is 14.6 Å². The van der Waals surface area contributed by atoms with E-state index in [0.717, 1.165) is 22.4 Å². The molecule has 0 spiro atoms. The van der Waals surface area contributed by atoms with Crippen molar-refractivity contribution in [3.8, 4) is 5.75 Å². The van der Waals surface area contributed by atoms with Gasteiger partial charge in [0.25, 0.3) is 0 Å². The van der Waals surface area contributed by atoms with Crippen molar-refractivity contribution in [2.75, 3.05) is 13.7 Å². The van der Waals surface area contributed by atoms with E-state index in [1.807, 2.05) is 62.4 Å². The van der Waals surface area contributed by atoms with E-state index in [9.17, 15) is 9.90 Å². The second-order valence-corrected chi connectivity index (χ2v) is 6.24. The number of hydrogen-bond acceptors (Lipinski definition) is 3. The van der Waals surface area contributed by atoms with E-state index in [0.29, 0.717) is 6.42 Å². The predicted octanol–water partition coefficient (Wildman–Crippen LogP) is 2.97. The van der Waals surface area contributed by atoms with Gasteiger partial charge in [-0.3, -0.25) is 0 Å². The maximum Gasteiger partial charge on any atom is 0.315 e. The summed E-state index contributed by atoms with van der Waals surface area (Å²) in [6.45, 7) is 4.10. The van der Waals surface area contributed by atoms with Gasteiger partial charge in [0, 0.05) is 12.6 Å². The fraction of sp³-hybridized carbons (Fsp3) is 0.350. The second-order valence-electron chi connectivity index (χ2n) is 6.24. The molecule has 2 atom stereocenters. The van der Waals surface area contributed by atoms with E-state index in [-0.39, 0.29) is 18.6 Å². The Balaban J connectivity index is 1.78. The molecule has 5 heteroatoms. The van der Waals surface area contributed by atoms with Gasteiger partial charge in [-0.1, -0.05) is 42.0 Å². The maximum atomic E-state index is 12.0. The standard InChI is InChI=1S/C20H26N2O3/c1-14-7-9-17(10-8-14)19(23)13-21-20(24)22-15(2)11-16-5-4-6-18(12-16)25-3/h4-10,12,15,19,23H,11,13H2,1-3H3,(H2,21,22,24). The first kappa shape index (κ1) is 18.8. The number of methoxy groups -OCH3 is 1. The molecule has 0 aliphatic heterocycles. The van der Waals surface area contributed by atoms with Gasteiger partial charge in [0.2, 0.25) is 0 Å². The van der Waals surface area contributed by atoms with Gasteiger partial charge in [0.1, 0.15) is 5.75 Å². The number of rotatable bonds is 7. The number of aliphatic hydroxyl groups excluding tert-OH is 1. The molecule has 2 rings (SSSR count). The van der Waals surface area contributed by atoms with E-state index < -0.39 is 6.10 Å². The van der Waals surface area contributed by atoms with Crippen LogP contribution in [0.25, 0.3) is 0 Å². The molecule has 25 heavy (non-hydrogen) atoms. The number of carbonyl (C=O) groups is 1. The summed E-state index contributed by atoms with van der Waals surface area (Å²) in [6.07, 6.45) is -0.0226.